The minimum atomic E-state index is -3.44. The average Bonchev–Trinajstić information content (AvgIpc) is 2.63. The molecule has 0 aliphatic carbocycles. The molecule has 1 heterocycles. The Balaban J connectivity index is 2.78. The smallest absolute Gasteiger partial charge is 0.206 e. The molecule has 17 heavy (non-hydrogen) atoms. The van der Waals surface area contributed by atoms with E-state index in [1.165, 1.54) is 11.3 Å². The molecule has 0 aromatic carbocycles. The fourth-order valence-corrected chi connectivity index (χ4v) is 5.00. The first kappa shape index (κ1) is 15.4. The summed E-state index contributed by atoms with van der Waals surface area (Å²) in [6.07, 6.45) is 0.731. The van der Waals surface area contributed by atoms with Crippen molar-refractivity contribution in [3.05, 3.63) is 15.9 Å². The molecule has 1 rings (SSSR count). The third-order valence-electron chi connectivity index (χ3n) is 2.08. The molecule has 0 fully saturated rings. The fraction of sp³-hybridized carbons (Fsp3) is 0.600. The van der Waals surface area contributed by atoms with Crippen molar-refractivity contribution in [2.24, 2.45) is 5.92 Å². The van der Waals surface area contributed by atoms with E-state index in [-0.39, 0.29) is 11.9 Å². The summed E-state index contributed by atoms with van der Waals surface area (Å²) >= 11 is 10.2. The summed E-state index contributed by atoms with van der Waals surface area (Å²) in [5.74, 6) is 0.681. The van der Waals surface area contributed by atoms with Crippen LogP contribution in [0.3, 0.4) is 0 Å². The molecule has 1 N–H and O–H groups in total. The minimum Gasteiger partial charge on any atom is -0.206 e. The summed E-state index contributed by atoms with van der Waals surface area (Å²) in [4.78, 5) is 0. The maximum Gasteiger partial charge on any atom is 0.250 e. The van der Waals surface area contributed by atoms with Gasteiger partial charge in [0.25, 0.3) is 0 Å². The third-order valence-corrected chi connectivity index (χ3v) is 6.09. The highest BCUT2D eigenvalue weighted by atomic mass is 79.9. The Hall–Kier alpha value is 0.380. The summed E-state index contributed by atoms with van der Waals surface area (Å²) in [6, 6.07) is 3.08. The molecule has 0 amide bonds. The molecule has 0 bridgehead atoms. The first-order valence-corrected chi connectivity index (χ1v) is 8.81. The predicted octanol–water partition coefficient (Wildman–Crippen LogP) is 3.44. The van der Waals surface area contributed by atoms with Gasteiger partial charge in [-0.2, -0.15) is 0 Å². The van der Waals surface area contributed by atoms with Crippen LogP contribution in [0.2, 0.25) is 0 Å². The van der Waals surface area contributed by atoms with Crippen LogP contribution in [0.15, 0.2) is 20.1 Å². The van der Waals surface area contributed by atoms with Gasteiger partial charge in [-0.1, -0.05) is 13.8 Å². The first-order valence-electron chi connectivity index (χ1n) is 5.18. The highest BCUT2D eigenvalue weighted by Crippen LogP contribution is 2.26. The van der Waals surface area contributed by atoms with Crippen LogP contribution in [0.5, 0.6) is 0 Å². The van der Waals surface area contributed by atoms with Crippen LogP contribution in [0.4, 0.5) is 0 Å². The number of halogens is 2. The molecule has 1 atom stereocenters. The second kappa shape index (κ2) is 6.52. The number of thiophene rings is 1. The summed E-state index contributed by atoms with van der Waals surface area (Å²) in [7, 11) is -3.44. The fourth-order valence-electron chi connectivity index (χ4n) is 1.43. The molecule has 1 aromatic rings. The van der Waals surface area contributed by atoms with Crippen LogP contribution in [-0.2, 0) is 10.0 Å². The standard InChI is InChI=1S/C10H15BrClNO2S2/c1-7(2)5-8(6-12)13-17(14,15)10-4-3-9(11)16-10/h3-4,7-8,13H,5-6H2,1-2H3. The Bertz CT molecular complexity index is 459. The molecule has 1 aromatic heterocycles. The van der Waals surface area contributed by atoms with Crippen LogP contribution in [0.1, 0.15) is 20.3 Å². The zero-order chi connectivity index (χ0) is 13.1. The van der Waals surface area contributed by atoms with Crippen molar-refractivity contribution in [2.75, 3.05) is 5.88 Å². The predicted molar refractivity (Wildman–Crippen MR) is 76.3 cm³/mol. The van der Waals surface area contributed by atoms with Gasteiger partial charge in [0.05, 0.1) is 3.79 Å². The van der Waals surface area contributed by atoms with E-state index in [0.717, 1.165) is 10.2 Å². The van der Waals surface area contributed by atoms with Gasteiger partial charge < -0.3 is 0 Å². The van der Waals surface area contributed by atoms with Crippen molar-refractivity contribution in [1.29, 1.82) is 0 Å². The van der Waals surface area contributed by atoms with Crippen LogP contribution in [0, 0.1) is 5.92 Å². The summed E-state index contributed by atoms with van der Waals surface area (Å²) in [5.41, 5.74) is 0. The van der Waals surface area contributed by atoms with Gasteiger partial charge in [-0.15, -0.1) is 22.9 Å². The molecular weight excluding hydrogens is 346 g/mol. The van der Waals surface area contributed by atoms with E-state index >= 15 is 0 Å². The molecule has 0 spiro atoms. The van der Waals surface area contributed by atoms with Gasteiger partial charge in [-0.05, 0) is 40.4 Å². The highest BCUT2D eigenvalue weighted by molar-refractivity contribution is 9.11. The van der Waals surface area contributed by atoms with Gasteiger partial charge in [0.2, 0.25) is 10.0 Å². The van der Waals surface area contributed by atoms with Crippen molar-refractivity contribution < 1.29 is 8.42 Å². The number of alkyl halides is 1. The van der Waals surface area contributed by atoms with Gasteiger partial charge in [-0.25, -0.2) is 13.1 Å². The number of hydrogen-bond acceptors (Lipinski definition) is 3. The average molecular weight is 361 g/mol. The highest BCUT2D eigenvalue weighted by Gasteiger charge is 2.21. The van der Waals surface area contributed by atoms with E-state index in [1.54, 1.807) is 12.1 Å². The molecule has 7 heteroatoms. The second-order valence-electron chi connectivity index (χ2n) is 4.16. The van der Waals surface area contributed by atoms with Gasteiger partial charge in [0.1, 0.15) is 4.21 Å². The molecule has 3 nitrogen and oxygen atoms in total. The monoisotopic (exact) mass is 359 g/mol. The van der Waals surface area contributed by atoms with E-state index in [1.807, 2.05) is 13.8 Å². The van der Waals surface area contributed by atoms with Crippen molar-refractivity contribution in [3.63, 3.8) is 0 Å². The lowest BCUT2D eigenvalue weighted by Crippen LogP contribution is -2.36. The maximum absolute atomic E-state index is 12.0. The van der Waals surface area contributed by atoms with Gasteiger partial charge >= 0.3 is 0 Å². The van der Waals surface area contributed by atoms with Crippen LogP contribution >= 0.6 is 38.9 Å². The van der Waals surface area contributed by atoms with E-state index in [4.69, 9.17) is 11.6 Å². The summed E-state index contributed by atoms with van der Waals surface area (Å²) < 4.78 is 27.8. The third kappa shape index (κ3) is 4.87. The number of hydrogen-bond donors (Lipinski definition) is 1. The topological polar surface area (TPSA) is 46.2 Å². The Kier molecular flexibility index (Phi) is 5.92. The molecule has 0 saturated heterocycles. The molecule has 0 radical (unpaired) electrons. The van der Waals surface area contributed by atoms with Crippen molar-refractivity contribution in [1.82, 2.24) is 4.72 Å². The van der Waals surface area contributed by atoms with Crippen LogP contribution in [0.25, 0.3) is 0 Å². The molecule has 98 valence electrons. The number of rotatable bonds is 6. The molecular formula is C10H15BrClNO2S2. The SMILES string of the molecule is CC(C)CC(CCl)NS(=O)(=O)c1ccc(Br)s1. The zero-order valence-electron chi connectivity index (χ0n) is 9.61. The van der Waals surface area contributed by atoms with Crippen molar-refractivity contribution in [2.45, 2.75) is 30.5 Å². The molecule has 1 unspecified atom stereocenters. The van der Waals surface area contributed by atoms with Crippen molar-refractivity contribution >= 4 is 48.9 Å². The number of sulfonamides is 1. The Labute approximate surface area is 120 Å². The lowest BCUT2D eigenvalue weighted by molar-refractivity contribution is 0.486. The van der Waals surface area contributed by atoms with Gasteiger partial charge in [0.15, 0.2) is 0 Å². The number of nitrogens with one attached hydrogen (secondary N) is 1. The van der Waals surface area contributed by atoms with E-state index in [9.17, 15) is 8.42 Å². The van der Waals surface area contributed by atoms with E-state index < -0.39 is 10.0 Å². The Morgan fingerprint density at radius 3 is 2.53 bits per heavy atom. The zero-order valence-corrected chi connectivity index (χ0v) is 13.6. The van der Waals surface area contributed by atoms with E-state index in [2.05, 4.69) is 20.7 Å². The second-order valence-corrected chi connectivity index (χ2v) is 8.87. The Morgan fingerprint density at radius 2 is 2.12 bits per heavy atom. The van der Waals surface area contributed by atoms with E-state index in [0.29, 0.717) is 10.1 Å². The molecule has 0 saturated carbocycles. The van der Waals surface area contributed by atoms with Crippen LogP contribution < -0.4 is 4.72 Å². The normalized spacial score (nSPS) is 14.2. The molecule has 0 aliphatic rings. The first-order chi connectivity index (χ1) is 7.85. The van der Waals surface area contributed by atoms with Crippen molar-refractivity contribution in [3.8, 4) is 0 Å². The lowest BCUT2D eigenvalue weighted by atomic mass is 10.1. The van der Waals surface area contributed by atoms with Gasteiger partial charge in [-0.3, -0.25) is 0 Å². The lowest BCUT2D eigenvalue weighted by Gasteiger charge is -2.17. The van der Waals surface area contributed by atoms with Gasteiger partial charge in [0, 0.05) is 11.9 Å². The summed E-state index contributed by atoms with van der Waals surface area (Å²) in [5, 5.41) is 0. The van der Waals surface area contributed by atoms with Crippen LogP contribution in [-0.4, -0.2) is 20.3 Å². The minimum absolute atomic E-state index is 0.220. The Morgan fingerprint density at radius 1 is 1.47 bits per heavy atom. The maximum atomic E-state index is 12.0. The molecule has 0 aliphatic heterocycles. The largest absolute Gasteiger partial charge is 0.250 e. The summed E-state index contributed by atoms with van der Waals surface area (Å²) in [6.45, 7) is 4.07. The quantitative estimate of drug-likeness (QED) is 0.790.